The monoisotopic (exact) mass is 208 g/mol. The van der Waals surface area contributed by atoms with Crippen LogP contribution in [0.15, 0.2) is 24.3 Å². The number of halogens is 1. The summed E-state index contributed by atoms with van der Waals surface area (Å²) in [6.45, 7) is 0. The number of nitriles is 1. The van der Waals surface area contributed by atoms with Gasteiger partial charge in [0.15, 0.2) is 0 Å². The fourth-order valence-corrected chi connectivity index (χ4v) is 1.26. The summed E-state index contributed by atoms with van der Waals surface area (Å²) in [4.78, 5) is 12.6. The molecule has 0 atom stereocenters. The second kappa shape index (κ2) is 4.64. The molecule has 3 nitrogen and oxygen atoms in total. The zero-order valence-corrected chi connectivity index (χ0v) is 8.45. The molecule has 0 unspecified atom stereocenters. The summed E-state index contributed by atoms with van der Waals surface area (Å²) in [5.41, 5.74) is 1.05. The number of alkyl halides is 1. The third kappa shape index (κ3) is 2.04. The van der Waals surface area contributed by atoms with E-state index in [1.165, 1.54) is 4.90 Å². The van der Waals surface area contributed by atoms with E-state index in [0.29, 0.717) is 11.3 Å². The van der Waals surface area contributed by atoms with Crippen molar-refractivity contribution in [2.75, 3.05) is 17.8 Å². The molecule has 0 heterocycles. The minimum Gasteiger partial charge on any atom is -0.313 e. The molecule has 72 valence electrons. The van der Waals surface area contributed by atoms with Gasteiger partial charge in [0.1, 0.15) is 11.9 Å². The smallest absolute Gasteiger partial charge is 0.241 e. The van der Waals surface area contributed by atoms with Crippen molar-refractivity contribution < 1.29 is 4.79 Å². The van der Waals surface area contributed by atoms with E-state index in [1.54, 1.807) is 31.3 Å². The summed E-state index contributed by atoms with van der Waals surface area (Å²) in [6, 6.07) is 8.91. The zero-order chi connectivity index (χ0) is 10.6. The van der Waals surface area contributed by atoms with Gasteiger partial charge in [-0.25, -0.2) is 0 Å². The number of anilines is 1. The van der Waals surface area contributed by atoms with E-state index >= 15 is 0 Å². The maximum absolute atomic E-state index is 11.3. The standard InChI is InChI=1S/C10H9ClN2O/c1-13(10(14)6-11)9-5-3-2-4-8(9)7-12/h2-5H,6H2,1H3. The van der Waals surface area contributed by atoms with Crippen LogP contribution in [-0.4, -0.2) is 18.8 Å². The molecule has 0 N–H and O–H groups in total. The van der Waals surface area contributed by atoms with E-state index < -0.39 is 0 Å². The predicted octanol–water partition coefficient (Wildman–Crippen LogP) is 1.76. The first-order valence-electron chi connectivity index (χ1n) is 4.02. The summed E-state index contributed by atoms with van der Waals surface area (Å²) in [5, 5.41) is 8.80. The van der Waals surface area contributed by atoms with Crippen LogP contribution in [-0.2, 0) is 4.79 Å². The van der Waals surface area contributed by atoms with Gasteiger partial charge in [0.2, 0.25) is 5.91 Å². The van der Waals surface area contributed by atoms with Crippen molar-refractivity contribution in [2.45, 2.75) is 0 Å². The van der Waals surface area contributed by atoms with Crippen LogP contribution in [0.25, 0.3) is 0 Å². The minimum absolute atomic E-state index is 0.0870. The van der Waals surface area contributed by atoms with Gasteiger partial charge in [-0.1, -0.05) is 12.1 Å². The molecule has 0 aliphatic heterocycles. The number of carbonyl (C=O) groups is 1. The average molecular weight is 209 g/mol. The Labute approximate surface area is 87.5 Å². The highest BCUT2D eigenvalue weighted by molar-refractivity contribution is 6.29. The van der Waals surface area contributed by atoms with Gasteiger partial charge in [-0.05, 0) is 12.1 Å². The lowest BCUT2D eigenvalue weighted by atomic mass is 10.2. The number of nitrogens with zero attached hydrogens (tertiary/aromatic N) is 2. The highest BCUT2D eigenvalue weighted by Crippen LogP contribution is 2.18. The maximum Gasteiger partial charge on any atom is 0.241 e. The molecule has 1 aromatic carbocycles. The van der Waals surface area contributed by atoms with Crippen molar-refractivity contribution in [3.63, 3.8) is 0 Å². The molecule has 0 aliphatic carbocycles. The first-order chi connectivity index (χ1) is 6.70. The van der Waals surface area contributed by atoms with Crippen LogP contribution < -0.4 is 4.90 Å². The summed E-state index contributed by atoms with van der Waals surface area (Å²) in [7, 11) is 1.60. The quantitative estimate of drug-likeness (QED) is 0.696. The summed E-state index contributed by atoms with van der Waals surface area (Å²) in [5.74, 6) is -0.314. The van der Waals surface area contributed by atoms with Gasteiger partial charge in [-0.15, -0.1) is 11.6 Å². The molecule has 0 spiro atoms. The Balaban J connectivity index is 3.07. The molecule has 1 aromatic rings. The topological polar surface area (TPSA) is 44.1 Å². The fraction of sp³-hybridized carbons (Fsp3) is 0.200. The summed E-state index contributed by atoms with van der Waals surface area (Å²) >= 11 is 5.42. The molecule has 0 aliphatic rings. The highest BCUT2D eigenvalue weighted by atomic mass is 35.5. The van der Waals surface area contributed by atoms with E-state index in [2.05, 4.69) is 0 Å². The Kier molecular flexibility index (Phi) is 3.49. The zero-order valence-electron chi connectivity index (χ0n) is 7.70. The molecular formula is C10H9ClN2O. The Morgan fingerprint density at radius 2 is 2.21 bits per heavy atom. The predicted molar refractivity (Wildman–Crippen MR) is 55.3 cm³/mol. The fourth-order valence-electron chi connectivity index (χ4n) is 1.08. The van der Waals surface area contributed by atoms with Gasteiger partial charge in [-0.2, -0.15) is 5.26 Å². The molecule has 0 fully saturated rings. The van der Waals surface area contributed by atoms with E-state index in [0.717, 1.165) is 0 Å². The van der Waals surface area contributed by atoms with Crippen molar-refractivity contribution >= 4 is 23.2 Å². The third-order valence-electron chi connectivity index (χ3n) is 1.87. The lowest BCUT2D eigenvalue weighted by Crippen LogP contribution is -2.27. The average Bonchev–Trinajstić information content (AvgIpc) is 2.26. The second-order valence-electron chi connectivity index (χ2n) is 2.72. The molecule has 0 saturated heterocycles. The van der Waals surface area contributed by atoms with Crippen LogP contribution in [0, 0.1) is 11.3 Å². The number of hydrogen-bond acceptors (Lipinski definition) is 2. The first kappa shape index (κ1) is 10.6. The van der Waals surface area contributed by atoms with E-state index in [1.807, 2.05) is 6.07 Å². The van der Waals surface area contributed by atoms with Crippen molar-refractivity contribution in [1.82, 2.24) is 0 Å². The van der Waals surface area contributed by atoms with Crippen molar-refractivity contribution in [2.24, 2.45) is 0 Å². The normalized spacial score (nSPS) is 9.21. The molecule has 14 heavy (non-hydrogen) atoms. The number of carbonyl (C=O) groups excluding carboxylic acids is 1. The number of para-hydroxylation sites is 1. The SMILES string of the molecule is CN(C(=O)CCl)c1ccccc1C#N. The number of rotatable bonds is 2. The van der Waals surface area contributed by atoms with Crippen molar-refractivity contribution in [1.29, 1.82) is 5.26 Å². The Morgan fingerprint density at radius 3 is 2.79 bits per heavy atom. The van der Waals surface area contributed by atoms with Crippen LogP contribution >= 0.6 is 11.6 Å². The van der Waals surface area contributed by atoms with Crippen molar-refractivity contribution in [3.8, 4) is 6.07 Å². The molecule has 1 rings (SSSR count). The molecule has 0 aromatic heterocycles. The lowest BCUT2D eigenvalue weighted by Gasteiger charge is -2.16. The van der Waals surface area contributed by atoms with Crippen LogP contribution in [0.5, 0.6) is 0 Å². The van der Waals surface area contributed by atoms with Gasteiger partial charge < -0.3 is 4.90 Å². The van der Waals surface area contributed by atoms with Crippen molar-refractivity contribution in [3.05, 3.63) is 29.8 Å². The minimum atomic E-state index is -0.227. The Bertz CT molecular complexity index is 384. The summed E-state index contributed by atoms with van der Waals surface area (Å²) < 4.78 is 0. The molecule has 4 heteroatoms. The van der Waals surface area contributed by atoms with Crippen LogP contribution in [0.4, 0.5) is 5.69 Å². The summed E-state index contributed by atoms with van der Waals surface area (Å²) in [6.07, 6.45) is 0. The van der Waals surface area contributed by atoms with Gasteiger partial charge in [0.05, 0.1) is 11.3 Å². The second-order valence-corrected chi connectivity index (χ2v) is 2.98. The largest absolute Gasteiger partial charge is 0.313 e. The van der Waals surface area contributed by atoms with Crippen LogP contribution in [0.3, 0.4) is 0 Å². The molecular weight excluding hydrogens is 200 g/mol. The Hall–Kier alpha value is -1.53. The maximum atomic E-state index is 11.3. The van der Waals surface area contributed by atoms with Crippen LogP contribution in [0.2, 0.25) is 0 Å². The van der Waals surface area contributed by atoms with E-state index in [4.69, 9.17) is 16.9 Å². The number of amides is 1. The van der Waals surface area contributed by atoms with Crippen LogP contribution in [0.1, 0.15) is 5.56 Å². The molecule has 1 amide bonds. The number of benzene rings is 1. The molecule has 0 saturated carbocycles. The van der Waals surface area contributed by atoms with Gasteiger partial charge >= 0.3 is 0 Å². The van der Waals surface area contributed by atoms with Gasteiger partial charge in [0, 0.05) is 7.05 Å². The first-order valence-corrected chi connectivity index (χ1v) is 4.55. The molecule has 0 bridgehead atoms. The lowest BCUT2D eigenvalue weighted by molar-refractivity contribution is -0.116. The Morgan fingerprint density at radius 1 is 1.57 bits per heavy atom. The molecule has 0 radical (unpaired) electrons. The number of hydrogen-bond donors (Lipinski definition) is 0. The third-order valence-corrected chi connectivity index (χ3v) is 2.10. The highest BCUT2D eigenvalue weighted by Gasteiger charge is 2.12. The van der Waals surface area contributed by atoms with Gasteiger partial charge in [-0.3, -0.25) is 4.79 Å². The van der Waals surface area contributed by atoms with E-state index in [9.17, 15) is 4.79 Å². The van der Waals surface area contributed by atoms with Gasteiger partial charge in [0.25, 0.3) is 0 Å². The van der Waals surface area contributed by atoms with E-state index in [-0.39, 0.29) is 11.8 Å².